The molecular formula is C16H28NO3P. The molecule has 0 heterocycles. The van der Waals surface area contributed by atoms with Crippen molar-refractivity contribution < 1.29 is 13.6 Å². The van der Waals surface area contributed by atoms with E-state index < -0.39 is 12.9 Å². The first-order chi connectivity index (χ1) is 10.1. The van der Waals surface area contributed by atoms with Gasteiger partial charge in [-0.15, -0.1) is 0 Å². The summed E-state index contributed by atoms with van der Waals surface area (Å²) in [6, 6.07) is 10.1. The van der Waals surface area contributed by atoms with Crippen LogP contribution in [-0.2, 0) is 20.2 Å². The molecule has 0 spiro atoms. The van der Waals surface area contributed by atoms with Crippen LogP contribution in [-0.4, -0.2) is 18.5 Å². The van der Waals surface area contributed by atoms with Crippen LogP contribution in [0.2, 0.25) is 0 Å². The van der Waals surface area contributed by atoms with Gasteiger partial charge < -0.3 is 9.05 Å². The van der Waals surface area contributed by atoms with E-state index in [1.54, 1.807) is 0 Å². The van der Waals surface area contributed by atoms with E-state index in [0.29, 0.717) is 32.6 Å². The average Bonchev–Trinajstić information content (AvgIpc) is 2.50. The topological polar surface area (TPSA) is 47.6 Å². The maximum atomic E-state index is 13.2. The van der Waals surface area contributed by atoms with Gasteiger partial charge in [0.2, 0.25) is 0 Å². The van der Waals surface area contributed by atoms with Crippen LogP contribution in [0.25, 0.3) is 0 Å². The zero-order valence-corrected chi connectivity index (χ0v) is 14.5. The Morgan fingerprint density at radius 1 is 1.00 bits per heavy atom. The minimum atomic E-state index is -3.21. The van der Waals surface area contributed by atoms with E-state index in [1.165, 1.54) is 0 Å². The van der Waals surface area contributed by atoms with E-state index in [9.17, 15) is 4.57 Å². The van der Waals surface area contributed by atoms with Gasteiger partial charge in [0.05, 0.1) is 13.2 Å². The third-order valence-electron chi connectivity index (χ3n) is 3.76. The maximum absolute atomic E-state index is 13.2. The predicted octanol–water partition coefficient (Wildman–Crippen LogP) is 4.56. The van der Waals surface area contributed by atoms with Crippen LogP contribution in [0.4, 0.5) is 0 Å². The summed E-state index contributed by atoms with van der Waals surface area (Å²) in [5.74, 6) is 0. The Balaban J connectivity index is 2.97. The highest BCUT2D eigenvalue weighted by Gasteiger charge is 2.47. The smallest absolute Gasteiger partial charge is 0.308 e. The van der Waals surface area contributed by atoms with Crippen LogP contribution < -0.4 is 5.32 Å². The molecule has 0 radical (unpaired) electrons. The van der Waals surface area contributed by atoms with Gasteiger partial charge in [0.25, 0.3) is 0 Å². The second kappa shape index (κ2) is 8.70. The fraction of sp³-hybridized carbons (Fsp3) is 0.625. The average molecular weight is 313 g/mol. The Morgan fingerprint density at radius 3 is 1.95 bits per heavy atom. The van der Waals surface area contributed by atoms with Crippen LogP contribution in [0, 0.1) is 0 Å². The van der Waals surface area contributed by atoms with Crippen LogP contribution >= 0.6 is 7.60 Å². The van der Waals surface area contributed by atoms with E-state index in [-0.39, 0.29) is 0 Å². The SMILES string of the molecule is CCOP(=O)(OCC)C(CC)(CC)NCc1ccccc1. The molecule has 5 heteroatoms. The summed E-state index contributed by atoms with van der Waals surface area (Å²) in [5.41, 5.74) is 1.16. The molecule has 0 aliphatic carbocycles. The zero-order chi connectivity index (χ0) is 15.8. The molecule has 1 rings (SSSR count). The summed E-state index contributed by atoms with van der Waals surface area (Å²) in [6.45, 7) is 9.14. The van der Waals surface area contributed by atoms with Crippen molar-refractivity contribution in [3.8, 4) is 0 Å². The van der Waals surface area contributed by atoms with Gasteiger partial charge in [-0.3, -0.25) is 9.88 Å². The van der Waals surface area contributed by atoms with Crippen molar-refractivity contribution in [1.29, 1.82) is 0 Å². The Bertz CT molecular complexity index is 436. The van der Waals surface area contributed by atoms with Gasteiger partial charge in [0.15, 0.2) is 0 Å². The molecular weight excluding hydrogens is 285 g/mol. The Kier molecular flexibility index (Phi) is 7.61. The molecule has 4 nitrogen and oxygen atoms in total. The molecule has 0 aromatic heterocycles. The highest BCUT2D eigenvalue weighted by atomic mass is 31.2. The van der Waals surface area contributed by atoms with Crippen molar-refractivity contribution >= 4 is 7.60 Å². The van der Waals surface area contributed by atoms with Crippen LogP contribution in [0.3, 0.4) is 0 Å². The summed E-state index contributed by atoms with van der Waals surface area (Å²) in [6.07, 6.45) is 1.38. The number of hydrogen-bond acceptors (Lipinski definition) is 4. The third kappa shape index (κ3) is 4.40. The van der Waals surface area contributed by atoms with Gasteiger partial charge in [-0.05, 0) is 32.3 Å². The molecule has 0 aliphatic rings. The van der Waals surface area contributed by atoms with E-state index in [0.717, 1.165) is 5.56 Å². The minimum absolute atomic E-state index is 0.381. The lowest BCUT2D eigenvalue weighted by atomic mass is 10.1. The lowest BCUT2D eigenvalue weighted by Crippen LogP contribution is -2.44. The molecule has 0 unspecified atom stereocenters. The molecule has 1 aromatic rings. The Hall–Kier alpha value is -0.670. The highest BCUT2D eigenvalue weighted by Crippen LogP contribution is 2.61. The first-order valence-corrected chi connectivity index (χ1v) is 9.29. The van der Waals surface area contributed by atoms with Crippen molar-refractivity contribution in [2.75, 3.05) is 13.2 Å². The van der Waals surface area contributed by atoms with Gasteiger partial charge in [0, 0.05) is 6.54 Å². The molecule has 0 amide bonds. The van der Waals surface area contributed by atoms with Crippen molar-refractivity contribution in [1.82, 2.24) is 5.32 Å². The molecule has 120 valence electrons. The van der Waals surface area contributed by atoms with Crippen LogP contribution in [0.15, 0.2) is 30.3 Å². The van der Waals surface area contributed by atoms with Gasteiger partial charge in [0.1, 0.15) is 5.28 Å². The fourth-order valence-electron chi connectivity index (χ4n) is 2.47. The summed E-state index contributed by atoms with van der Waals surface area (Å²) in [7, 11) is -3.21. The molecule has 1 aromatic carbocycles. The Labute approximate surface area is 128 Å². The summed E-state index contributed by atoms with van der Waals surface area (Å²) < 4.78 is 24.4. The van der Waals surface area contributed by atoms with Gasteiger partial charge >= 0.3 is 7.60 Å². The molecule has 0 bridgehead atoms. The quantitative estimate of drug-likeness (QED) is 0.643. The maximum Gasteiger partial charge on any atom is 0.350 e. The van der Waals surface area contributed by atoms with Crippen LogP contribution in [0.5, 0.6) is 0 Å². The lowest BCUT2D eigenvalue weighted by molar-refractivity contribution is 0.180. The first kappa shape index (κ1) is 18.4. The second-order valence-electron chi connectivity index (χ2n) is 4.91. The fourth-order valence-corrected chi connectivity index (χ4v) is 4.77. The molecule has 0 atom stereocenters. The second-order valence-corrected chi connectivity index (χ2v) is 7.28. The zero-order valence-electron chi connectivity index (χ0n) is 13.6. The first-order valence-electron chi connectivity index (χ1n) is 7.75. The standard InChI is InChI=1S/C16H28NO3P/c1-5-16(6-2,21(18,19-7-3)20-8-4)17-14-15-12-10-9-11-13-15/h9-13,17H,5-8,14H2,1-4H3. The minimum Gasteiger partial charge on any atom is -0.308 e. The van der Waals surface area contributed by atoms with Gasteiger partial charge in [-0.1, -0.05) is 44.2 Å². The number of hydrogen-bond donors (Lipinski definition) is 1. The van der Waals surface area contributed by atoms with Crippen molar-refractivity contribution in [3.63, 3.8) is 0 Å². The van der Waals surface area contributed by atoms with Gasteiger partial charge in [-0.2, -0.15) is 0 Å². The number of benzene rings is 1. The molecule has 21 heavy (non-hydrogen) atoms. The van der Waals surface area contributed by atoms with E-state index in [1.807, 2.05) is 45.9 Å². The monoisotopic (exact) mass is 313 g/mol. The van der Waals surface area contributed by atoms with Crippen molar-refractivity contribution in [2.45, 2.75) is 52.4 Å². The summed E-state index contributed by atoms with van der Waals surface area (Å²) in [5, 5.41) is 2.80. The summed E-state index contributed by atoms with van der Waals surface area (Å²) >= 11 is 0. The largest absolute Gasteiger partial charge is 0.350 e. The van der Waals surface area contributed by atoms with Gasteiger partial charge in [-0.25, -0.2) is 0 Å². The lowest BCUT2D eigenvalue weighted by Gasteiger charge is -2.38. The van der Waals surface area contributed by atoms with Crippen molar-refractivity contribution in [3.05, 3.63) is 35.9 Å². The molecule has 1 N–H and O–H groups in total. The van der Waals surface area contributed by atoms with E-state index in [4.69, 9.17) is 9.05 Å². The molecule has 0 fully saturated rings. The Morgan fingerprint density at radius 2 is 1.52 bits per heavy atom. The molecule has 0 saturated carbocycles. The normalized spacial score (nSPS) is 12.6. The molecule has 0 aliphatic heterocycles. The van der Waals surface area contributed by atoms with Crippen molar-refractivity contribution in [2.24, 2.45) is 0 Å². The highest BCUT2D eigenvalue weighted by molar-refractivity contribution is 7.55. The molecule has 0 saturated heterocycles. The summed E-state index contributed by atoms with van der Waals surface area (Å²) in [4.78, 5) is 0. The predicted molar refractivity (Wildman–Crippen MR) is 87.5 cm³/mol. The number of rotatable bonds is 10. The van der Waals surface area contributed by atoms with E-state index in [2.05, 4.69) is 17.4 Å². The van der Waals surface area contributed by atoms with Crippen LogP contribution in [0.1, 0.15) is 46.1 Å². The van der Waals surface area contributed by atoms with E-state index >= 15 is 0 Å². The third-order valence-corrected chi connectivity index (χ3v) is 6.79. The number of nitrogens with one attached hydrogen (secondary N) is 1.